The van der Waals surface area contributed by atoms with Crippen molar-refractivity contribution in [3.8, 4) is 0 Å². The molecule has 4 heteroatoms. The summed E-state index contributed by atoms with van der Waals surface area (Å²) in [5.41, 5.74) is 0.767. The van der Waals surface area contributed by atoms with Crippen LogP contribution in [-0.2, 0) is 11.3 Å². The van der Waals surface area contributed by atoms with Gasteiger partial charge in [0.25, 0.3) is 0 Å². The second-order valence-corrected chi connectivity index (χ2v) is 5.54. The monoisotopic (exact) mass is 375 g/mol. The van der Waals surface area contributed by atoms with Crippen molar-refractivity contribution in [3.63, 3.8) is 0 Å². The fourth-order valence-corrected chi connectivity index (χ4v) is 2.28. The summed E-state index contributed by atoms with van der Waals surface area (Å²) in [4.78, 5) is 2.25. The highest BCUT2D eigenvalue weighted by atomic mass is 79.9. The number of halogens is 2. The van der Waals surface area contributed by atoms with E-state index in [4.69, 9.17) is 4.74 Å². The van der Waals surface area contributed by atoms with E-state index in [0.717, 1.165) is 18.7 Å². The van der Waals surface area contributed by atoms with E-state index in [1.54, 1.807) is 6.07 Å². The molecule has 0 amide bonds. The molecule has 2 atom stereocenters. The van der Waals surface area contributed by atoms with Gasteiger partial charge in [-0.1, -0.05) is 60.8 Å². The lowest BCUT2D eigenvalue weighted by Gasteiger charge is -2.35. The molecule has 0 spiro atoms. The van der Waals surface area contributed by atoms with Gasteiger partial charge in [0.1, 0.15) is 5.82 Å². The summed E-state index contributed by atoms with van der Waals surface area (Å²) in [5, 5.41) is 0. The summed E-state index contributed by atoms with van der Waals surface area (Å²) in [6, 6.07) is 6.97. The molecule has 1 unspecified atom stereocenters. The fraction of sp³-hybridized carbons (Fsp3) is 0.667. The first kappa shape index (κ1) is 21.6. The molecule has 1 fully saturated rings. The fourth-order valence-electron chi connectivity index (χ4n) is 2.28. The first-order valence-corrected chi connectivity index (χ1v) is 9.64. The summed E-state index contributed by atoms with van der Waals surface area (Å²) in [7, 11) is 0. The molecule has 0 radical (unpaired) electrons. The van der Waals surface area contributed by atoms with E-state index in [9.17, 15) is 4.39 Å². The molecule has 2 rings (SSSR count). The highest BCUT2D eigenvalue weighted by Crippen LogP contribution is 2.15. The van der Waals surface area contributed by atoms with Crippen molar-refractivity contribution in [2.75, 3.05) is 18.9 Å². The molecule has 1 aliphatic heterocycles. The Hall–Kier alpha value is -0.450. The number of benzene rings is 1. The van der Waals surface area contributed by atoms with E-state index in [2.05, 4.69) is 48.5 Å². The molecule has 128 valence electrons. The minimum atomic E-state index is -0.116. The molecule has 0 bridgehead atoms. The van der Waals surface area contributed by atoms with Gasteiger partial charge in [-0.25, -0.2) is 4.39 Å². The Bertz CT molecular complexity index is 377. The van der Waals surface area contributed by atoms with Gasteiger partial charge in [0.05, 0.1) is 12.2 Å². The minimum absolute atomic E-state index is 0.116. The summed E-state index contributed by atoms with van der Waals surface area (Å²) in [5.74, 6) is 1.70. The summed E-state index contributed by atoms with van der Waals surface area (Å²) >= 11 is 2.94. The number of nitrogens with zero attached hydrogens (tertiary/aromatic N) is 1. The molecule has 1 aromatic rings. The number of morpholine rings is 1. The van der Waals surface area contributed by atoms with Gasteiger partial charge in [-0.3, -0.25) is 4.90 Å². The van der Waals surface area contributed by atoms with Crippen LogP contribution in [0.15, 0.2) is 24.3 Å². The van der Waals surface area contributed by atoms with Crippen molar-refractivity contribution in [1.29, 1.82) is 0 Å². The molecular formula is C18H31BrFNO. The molecule has 22 heavy (non-hydrogen) atoms. The molecule has 1 aliphatic rings. The van der Waals surface area contributed by atoms with Crippen molar-refractivity contribution in [3.05, 3.63) is 35.6 Å². The molecule has 0 N–H and O–H groups in total. The van der Waals surface area contributed by atoms with Gasteiger partial charge < -0.3 is 4.74 Å². The smallest absolute Gasteiger partial charge is 0.127 e. The van der Waals surface area contributed by atoms with Gasteiger partial charge >= 0.3 is 0 Å². The van der Waals surface area contributed by atoms with Crippen LogP contribution in [0.4, 0.5) is 4.39 Å². The lowest BCUT2D eigenvalue weighted by molar-refractivity contribution is -0.0707. The zero-order chi connectivity index (χ0) is 17.0. The summed E-state index contributed by atoms with van der Waals surface area (Å²) in [6.45, 7) is 10.9. The van der Waals surface area contributed by atoms with Gasteiger partial charge in [-0.15, -0.1) is 0 Å². The molecule has 0 aliphatic carbocycles. The number of ether oxygens (including phenoxy) is 1. The van der Waals surface area contributed by atoms with E-state index in [0.29, 0.717) is 6.54 Å². The van der Waals surface area contributed by atoms with Gasteiger partial charge in [0, 0.05) is 25.2 Å². The Labute approximate surface area is 144 Å². The Kier molecular flexibility index (Phi) is 12.8. The zero-order valence-electron chi connectivity index (χ0n) is 14.6. The van der Waals surface area contributed by atoms with Crippen LogP contribution in [0.3, 0.4) is 0 Å². The molecule has 1 aromatic carbocycles. The average Bonchev–Trinajstić information content (AvgIpc) is 2.51. The number of hydrogen-bond acceptors (Lipinski definition) is 2. The predicted molar refractivity (Wildman–Crippen MR) is 97.1 cm³/mol. The number of hydrogen-bond donors (Lipinski definition) is 0. The topological polar surface area (TPSA) is 12.5 Å². The van der Waals surface area contributed by atoms with E-state index in [-0.39, 0.29) is 18.0 Å². The molecule has 0 aromatic heterocycles. The summed E-state index contributed by atoms with van der Waals surface area (Å²) in [6.07, 6.45) is 3.10. The van der Waals surface area contributed by atoms with Crippen LogP contribution >= 0.6 is 15.9 Å². The molecular weight excluding hydrogens is 345 g/mol. The molecule has 2 nitrogen and oxygen atoms in total. The maximum absolute atomic E-state index is 13.5. The maximum atomic E-state index is 13.5. The van der Waals surface area contributed by atoms with Crippen LogP contribution in [0, 0.1) is 5.82 Å². The largest absolute Gasteiger partial charge is 0.373 e. The third-order valence-electron chi connectivity index (χ3n) is 3.35. The minimum Gasteiger partial charge on any atom is -0.373 e. The van der Waals surface area contributed by atoms with Gasteiger partial charge in [0.2, 0.25) is 0 Å². The van der Waals surface area contributed by atoms with Crippen molar-refractivity contribution in [2.45, 2.75) is 59.3 Å². The Morgan fingerprint density at radius 1 is 1.09 bits per heavy atom. The van der Waals surface area contributed by atoms with Crippen LogP contribution in [-0.4, -0.2) is 36.0 Å². The van der Waals surface area contributed by atoms with Crippen molar-refractivity contribution < 1.29 is 9.13 Å². The van der Waals surface area contributed by atoms with Crippen LogP contribution in [0.1, 0.15) is 46.1 Å². The first-order valence-electron chi connectivity index (χ1n) is 8.05. The third kappa shape index (κ3) is 8.86. The highest BCUT2D eigenvalue weighted by molar-refractivity contribution is 9.08. The van der Waals surface area contributed by atoms with Crippen LogP contribution in [0.25, 0.3) is 0 Å². The van der Waals surface area contributed by atoms with E-state index < -0.39 is 0 Å². The van der Waals surface area contributed by atoms with Crippen LogP contribution < -0.4 is 0 Å². The Morgan fingerprint density at radius 2 is 1.59 bits per heavy atom. The summed E-state index contributed by atoms with van der Waals surface area (Å²) < 4.78 is 19.1. The predicted octanol–water partition coefficient (Wildman–Crippen LogP) is 5.25. The molecule has 1 heterocycles. The van der Waals surface area contributed by atoms with Crippen molar-refractivity contribution >= 4 is 15.9 Å². The third-order valence-corrected chi connectivity index (χ3v) is 3.35. The lowest BCUT2D eigenvalue weighted by atomic mass is 10.1. The van der Waals surface area contributed by atoms with Gasteiger partial charge in [-0.2, -0.15) is 0 Å². The number of alkyl halides is 1. The number of unbranched alkanes of at least 4 members (excludes halogenated alkanes) is 1. The van der Waals surface area contributed by atoms with E-state index in [1.807, 2.05) is 18.0 Å². The Morgan fingerprint density at radius 3 is 2.05 bits per heavy atom. The average molecular weight is 376 g/mol. The second kappa shape index (κ2) is 13.0. The van der Waals surface area contributed by atoms with Gasteiger partial charge in [0.15, 0.2) is 0 Å². The highest BCUT2D eigenvalue weighted by Gasteiger charge is 2.22. The number of rotatable bonds is 3. The zero-order valence-corrected chi connectivity index (χ0v) is 16.2. The van der Waals surface area contributed by atoms with Crippen LogP contribution in [0.2, 0.25) is 0 Å². The SMILES string of the molecule is CBr.CC1CN(Cc2ccccc2F)C[C@H](C)O1.CCCC. The molecule has 0 saturated carbocycles. The lowest BCUT2D eigenvalue weighted by Crippen LogP contribution is -2.44. The van der Waals surface area contributed by atoms with Crippen molar-refractivity contribution in [2.24, 2.45) is 0 Å². The molecule has 1 saturated heterocycles. The van der Waals surface area contributed by atoms with Gasteiger partial charge in [-0.05, 0) is 25.7 Å². The maximum Gasteiger partial charge on any atom is 0.127 e. The van der Waals surface area contributed by atoms with E-state index >= 15 is 0 Å². The second-order valence-electron chi connectivity index (χ2n) is 5.54. The van der Waals surface area contributed by atoms with Crippen LogP contribution in [0.5, 0.6) is 0 Å². The Balaban J connectivity index is 0.000000640. The normalized spacial score (nSPS) is 21.2. The van der Waals surface area contributed by atoms with Crippen molar-refractivity contribution in [1.82, 2.24) is 4.90 Å². The quantitative estimate of drug-likeness (QED) is 0.668. The standard InChI is InChI=1S/C13H18FNO.C4H10.CH3Br/c1-10-7-15(8-11(2)16-10)9-12-5-3-4-6-13(12)14;1-3-4-2;1-2/h3-6,10-11H,7-9H2,1-2H3;3-4H2,1-2H3;1H3/t10-,11?;;/m0../s1. The first-order chi connectivity index (χ1) is 10.6. The van der Waals surface area contributed by atoms with E-state index in [1.165, 1.54) is 18.9 Å².